The Hall–Kier alpha value is -1.70. The monoisotopic (exact) mass is 422 g/mol. The van der Waals surface area contributed by atoms with Crippen molar-refractivity contribution in [3.05, 3.63) is 59.1 Å². The lowest BCUT2D eigenvalue weighted by Crippen LogP contribution is -2.43. The van der Waals surface area contributed by atoms with Gasteiger partial charge in [0.15, 0.2) is 0 Å². The molecule has 5 nitrogen and oxygen atoms in total. The van der Waals surface area contributed by atoms with Crippen molar-refractivity contribution in [2.45, 2.75) is 17.7 Å². The molecule has 0 bridgehead atoms. The van der Waals surface area contributed by atoms with Crippen molar-refractivity contribution in [2.75, 3.05) is 18.4 Å². The minimum Gasteiger partial charge on any atom is -0.326 e. The third kappa shape index (κ3) is 4.29. The average Bonchev–Trinajstić information content (AvgIpc) is 2.63. The molecule has 3 rings (SSSR count). The molecule has 0 aromatic heterocycles. The van der Waals surface area contributed by atoms with E-state index in [0.717, 1.165) is 10.2 Å². The van der Waals surface area contributed by atoms with Crippen LogP contribution in [-0.4, -0.2) is 31.7 Å². The van der Waals surface area contributed by atoms with Gasteiger partial charge in [-0.25, -0.2) is 8.42 Å². The number of halogens is 1. The molecule has 0 spiro atoms. The highest BCUT2D eigenvalue weighted by atomic mass is 79.9. The van der Waals surface area contributed by atoms with Crippen molar-refractivity contribution >= 4 is 37.5 Å². The number of amides is 1. The molecule has 1 aliphatic rings. The number of rotatable bonds is 4. The van der Waals surface area contributed by atoms with Crippen LogP contribution in [0.1, 0.15) is 12.8 Å². The lowest BCUT2D eigenvalue weighted by atomic mass is 9.99. The summed E-state index contributed by atoms with van der Waals surface area (Å²) in [6.45, 7) is 0.643. The van der Waals surface area contributed by atoms with E-state index in [9.17, 15) is 13.2 Å². The highest BCUT2D eigenvalue weighted by Gasteiger charge is 2.33. The zero-order chi connectivity index (χ0) is 17.9. The number of anilines is 1. The lowest BCUT2D eigenvalue weighted by Gasteiger charge is -2.31. The van der Waals surface area contributed by atoms with Crippen LogP contribution in [0.25, 0.3) is 0 Å². The molecule has 1 amide bonds. The van der Waals surface area contributed by atoms with Gasteiger partial charge in [-0.3, -0.25) is 4.79 Å². The fourth-order valence-electron chi connectivity index (χ4n) is 2.90. The Balaban J connectivity index is 1.72. The molecular formula is C18H19BrN2O3S. The van der Waals surface area contributed by atoms with Crippen LogP contribution in [0.15, 0.2) is 64.0 Å². The van der Waals surface area contributed by atoms with Gasteiger partial charge in [0.25, 0.3) is 0 Å². The predicted molar refractivity (Wildman–Crippen MR) is 101 cm³/mol. The van der Waals surface area contributed by atoms with Crippen molar-refractivity contribution < 1.29 is 13.2 Å². The second-order valence-electron chi connectivity index (χ2n) is 6.01. The topological polar surface area (TPSA) is 66.5 Å². The van der Waals surface area contributed by atoms with Crippen LogP contribution in [0.2, 0.25) is 0 Å². The molecule has 1 fully saturated rings. The third-order valence-electron chi connectivity index (χ3n) is 4.25. The van der Waals surface area contributed by atoms with Gasteiger partial charge in [-0.05, 0) is 49.2 Å². The van der Waals surface area contributed by atoms with E-state index in [0.29, 0.717) is 19.4 Å². The maximum absolute atomic E-state index is 12.8. The zero-order valence-corrected chi connectivity index (χ0v) is 16.0. The van der Waals surface area contributed by atoms with Crippen LogP contribution in [0.4, 0.5) is 5.69 Å². The van der Waals surface area contributed by atoms with Crippen molar-refractivity contribution in [2.24, 2.45) is 5.92 Å². The summed E-state index contributed by atoms with van der Waals surface area (Å²) in [5, 5.41) is 2.86. The number of nitrogens with one attached hydrogen (secondary N) is 1. The first-order chi connectivity index (χ1) is 12.0. The van der Waals surface area contributed by atoms with Gasteiger partial charge < -0.3 is 5.32 Å². The highest BCUT2D eigenvalue weighted by Crippen LogP contribution is 2.25. The summed E-state index contributed by atoms with van der Waals surface area (Å²) < 4.78 is 27.8. The molecule has 7 heteroatoms. The van der Waals surface area contributed by atoms with Crippen molar-refractivity contribution in [1.29, 1.82) is 0 Å². The summed E-state index contributed by atoms with van der Waals surface area (Å²) in [5.74, 6) is -0.485. The number of carbonyl (C=O) groups is 1. The minimum absolute atomic E-state index is 0.137. The van der Waals surface area contributed by atoms with E-state index in [1.165, 1.54) is 4.31 Å². The molecule has 0 radical (unpaired) electrons. The van der Waals surface area contributed by atoms with E-state index in [1.807, 2.05) is 30.3 Å². The Morgan fingerprint density at radius 2 is 1.76 bits per heavy atom. The van der Waals surface area contributed by atoms with Crippen LogP contribution < -0.4 is 5.32 Å². The Morgan fingerprint density at radius 3 is 2.44 bits per heavy atom. The van der Waals surface area contributed by atoms with E-state index < -0.39 is 10.0 Å². The Bertz CT molecular complexity index is 838. The van der Waals surface area contributed by atoms with E-state index in [4.69, 9.17) is 0 Å². The number of sulfonamides is 1. The quantitative estimate of drug-likeness (QED) is 0.819. The van der Waals surface area contributed by atoms with E-state index >= 15 is 0 Å². The van der Waals surface area contributed by atoms with Crippen LogP contribution in [0.5, 0.6) is 0 Å². The molecular weight excluding hydrogens is 404 g/mol. The number of para-hydroxylation sites is 1. The smallest absolute Gasteiger partial charge is 0.243 e. The maximum atomic E-state index is 12.8. The number of benzene rings is 2. The van der Waals surface area contributed by atoms with Crippen LogP contribution in [0.3, 0.4) is 0 Å². The molecule has 25 heavy (non-hydrogen) atoms. The minimum atomic E-state index is -3.59. The molecule has 0 saturated carbocycles. The summed E-state index contributed by atoms with van der Waals surface area (Å²) in [5.41, 5.74) is 0.723. The second kappa shape index (κ2) is 7.68. The number of piperidine rings is 1. The van der Waals surface area contributed by atoms with Crippen molar-refractivity contribution in [1.82, 2.24) is 4.31 Å². The zero-order valence-electron chi connectivity index (χ0n) is 13.6. The fourth-order valence-corrected chi connectivity index (χ4v) is 4.68. The molecule has 1 unspecified atom stereocenters. The molecule has 1 saturated heterocycles. The van der Waals surface area contributed by atoms with Crippen LogP contribution >= 0.6 is 15.9 Å². The molecule has 1 N–H and O–H groups in total. The van der Waals surface area contributed by atoms with Gasteiger partial charge in [0.05, 0.1) is 10.8 Å². The van der Waals surface area contributed by atoms with Gasteiger partial charge in [-0.15, -0.1) is 0 Å². The highest BCUT2D eigenvalue weighted by molar-refractivity contribution is 9.10. The number of nitrogens with zero attached hydrogens (tertiary/aromatic N) is 1. The fraction of sp³-hybridized carbons (Fsp3) is 0.278. The average molecular weight is 423 g/mol. The van der Waals surface area contributed by atoms with Crippen molar-refractivity contribution in [3.63, 3.8) is 0 Å². The van der Waals surface area contributed by atoms with Gasteiger partial charge in [0.1, 0.15) is 0 Å². The van der Waals surface area contributed by atoms with Gasteiger partial charge in [0.2, 0.25) is 15.9 Å². The molecule has 2 aromatic rings. The second-order valence-corrected chi connectivity index (χ2v) is 8.87. The summed E-state index contributed by atoms with van der Waals surface area (Å²) >= 11 is 3.31. The summed E-state index contributed by atoms with van der Waals surface area (Å²) in [7, 11) is -3.59. The number of hydrogen-bond acceptors (Lipinski definition) is 3. The number of carbonyl (C=O) groups excluding carboxylic acids is 1. The first-order valence-electron chi connectivity index (χ1n) is 8.08. The summed E-state index contributed by atoms with van der Waals surface area (Å²) in [6.07, 6.45) is 1.35. The van der Waals surface area contributed by atoms with Crippen molar-refractivity contribution in [3.8, 4) is 0 Å². The van der Waals surface area contributed by atoms with E-state index in [2.05, 4.69) is 21.2 Å². The summed E-state index contributed by atoms with van der Waals surface area (Å²) in [4.78, 5) is 12.7. The first-order valence-corrected chi connectivity index (χ1v) is 10.3. The van der Waals surface area contributed by atoms with Gasteiger partial charge in [-0.2, -0.15) is 4.31 Å². The molecule has 1 atom stereocenters. The third-order valence-corrected chi connectivity index (χ3v) is 6.66. The van der Waals surface area contributed by atoms with Gasteiger partial charge in [-0.1, -0.05) is 34.1 Å². The van der Waals surface area contributed by atoms with Crippen LogP contribution in [-0.2, 0) is 14.8 Å². The van der Waals surface area contributed by atoms with E-state index in [-0.39, 0.29) is 23.3 Å². The molecule has 1 aliphatic heterocycles. The lowest BCUT2D eigenvalue weighted by molar-refractivity contribution is -0.120. The Kier molecular flexibility index (Phi) is 5.56. The molecule has 1 heterocycles. The number of hydrogen-bond donors (Lipinski definition) is 1. The largest absolute Gasteiger partial charge is 0.326 e. The predicted octanol–water partition coefficient (Wildman–Crippen LogP) is 3.49. The molecule has 132 valence electrons. The maximum Gasteiger partial charge on any atom is 0.243 e. The Labute approximate surface area is 156 Å². The SMILES string of the molecule is O=C(Nc1ccccc1)C1CCCN(S(=O)(=O)c2ccc(Br)cc2)C1. The molecule has 0 aliphatic carbocycles. The molecule has 2 aromatic carbocycles. The Morgan fingerprint density at radius 1 is 1.08 bits per heavy atom. The van der Waals surface area contributed by atoms with Crippen LogP contribution in [0, 0.1) is 5.92 Å². The summed E-state index contributed by atoms with van der Waals surface area (Å²) in [6, 6.07) is 15.8. The van der Waals surface area contributed by atoms with E-state index in [1.54, 1.807) is 24.3 Å². The standard InChI is InChI=1S/C18H19BrN2O3S/c19-15-8-10-17(11-9-15)25(23,24)21-12-4-5-14(13-21)18(22)20-16-6-2-1-3-7-16/h1-3,6-11,14H,4-5,12-13H2,(H,20,22). The van der Waals surface area contributed by atoms with Gasteiger partial charge >= 0.3 is 0 Å². The first kappa shape index (κ1) is 18.1. The normalized spacial score (nSPS) is 18.7. The van der Waals surface area contributed by atoms with Gasteiger partial charge in [0, 0.05) is 23.2 Å².